The minimum atomic E-state index is -0.734. The number of methoxy groups -OCH3 is 2. The molecule has 0 aliphatic carbocycles. The van der Waals surface area contributed by atoms with E-state index in [0.717, 1.165) is 0 Å². The van der Waals surface area contributed by atoms with Crippen LogP contribution in [0.5, 0.6) is 11.5 Å². The van der Waals surface area contributed by atoms with Crippen molar-refractivity contribution in [3.8, 4) is 11.5 Å². The minimum absolute atomic E-state index is 0.184. The molecule has 0 saturated heterocycles. The van der Waals surface area contributed by atoms with Crippen LogP contribution in [0.15, 0.2) is 18.2 Å². The Morgan fingerprint density at radius 1 is 1.17 bits per heavy atom. The van der Waals surface area contributed by atoms with Crippen LogP contribution in [0.1, 0.15) is 0 Å². The van der Waals surface area contributed by atoms with Gasteiger partial charge in [0.2, 0.25) is 0 Å². The molecule has 0 radical (unpaired) electrons. The maximum Gasteiger partial charge on any atom is 0.330 e. The molecule has 0 fully saturated rings. The summed E-state index contributed by atoms with van der Waals surface area (Å²) in [6.45, 7) is 0. The van der Waals surface area contributed by atoms with Crippen molar-refractivity contribution >= 4 is 29.0 Å². The number of ether oxygens (including phenoxy) is 2. The molecule has 1 aromatic rings. The van der Waals surface area contributed by atoms with E-state index in [1.807, 2.05) is 0 Å². The number of anilines is 1. The van der Waals surface area contributed by atoms with Gasteiger partial charge in [-0.2, -0.15) is 0 Å². The second kappa shape index (κ2) is 6.50. The molecule has 0 aromatic heterocycles. The number of hydrogen-bond donors (Lipinski definition) is 4. The van der Waals surface area contributed by atoms with Crippen molar-refractivity contribution in [2.75, 3.05) is 19.5 Å². The molecule has 0 bridgehead atoms. The fourth-order valence-corrected chi connectivity index (χ4v) is 1.33. The number of carbonyl (C=O) groups is 1. The lowest BCUT2D eigenvalue weighted by molar-refractivity contribution is 0.247. The Labute approximate surface area is 110 Å². The van der Waals surface area contributed by atoms with Crippen molar-refractivity contribution in [1.29, 1.82) is 0 Å². The maximum atomic E-state index is 10.5. The van der Waals surface area contributed by atoms with Crippen molar-refractivity contribution in [3.63, 3.8) is 0 Å². The minimum Gasteiger partial charge on any atom is -0.497 e. The number of thiocarbonyl (C=S) groups is 1. The number of primary amides is 1. The highest BCUT2D eigenvalue weighted by Gasteiger charge is 2.03. The van der Waals surface area contributed by atoms with E-state index < -0.39 is 6.03 Å². The van der Waals surface area contributed by atoms with Crippen LogP contribution in [-0.4, -0.2) is 25.4 Å². The van der Waals surface area contributed by atoms with E-state index in [-0.39, 0.29) is 5.11 Å². The van der Waals surface area contributed by atoms with Gasteiger partial charge >= 0.3 is 6.03 Å². The Hall–Kier alpha value is -2.22. The molecule has 7 nitrogen and oxygen atoms in total. The second-order valence-electron chi connectivity index (χ2n) is 3.17. The molecule has 1 aromatic carbocycles. The summed E-state index contributed by atoms with van der Waals surface area (Å²) in [5, 5.41) is 3.02. The molecule has 98 valence electrons. The van der Waals surface area contributed by atoms with E-state index in [1.54, 1.807) is 32.4 Å². The van der Waals surface area contributed by atoms with Gasteiger partial charge in [0.1, 0.15) is 11.5 Å². The smallest absolute Gasteiger partial charge is 0.330 e. The van der Waals surface area contributed by atoms with Gasteiger partial charge in [0.15, 0.2) is 5.11 Å². The zero-order valence-corrected chi connectivity index (χ0v) is 10.8. The van der Waals surface area contributed by atoms with Crippen LogP contribution in [0.25, 0.3) is 0 Å². The molecule has 0 aliphatic heterocycles. The molecule has 0 unspecified atom stereocenters. The Morgan fingerprint density at radius 3 is 2.17 bits per heavy atom. The van der Waals surface area contributed by atoms with Crippen LogP contribution >= 0.6 is 12.2 Å². The Kier molecular flexibility index (Phi) is 5.00. The van der Waals surface area contributed by atoms with Crippen molar-refractivity contribution in [1.82, 2.24) is 10.9 Å². The van der Waals surface area contributed by atoms with Crippen LogP contribution in [0, 0.1) is 0 Å². The topological polar surface area (TPSA) is 97.6 Å². The summed E-state index contributed by atoms with van der Waals surface area (Å²) in [7, 11) is 3.09. The van der Waals surface area contributed by atoms with Gasteiger partial charge < -0.3 is 20.5 Å². The summed E-state index contributed by atoms with van der Waals surface area (Å²) in [5.41, 5.74) is 10.1. The summed E-state index contributed by atoms with van der Waals surface area (Å²) in [5.74, 6) is 1.23. The van der Waals surface area contributed by atoms with E-state index >= 15 is 0 Å². The quantitative estimate of drug-likeness (QED) is 0.473. The van der Waals surface area contributed by atoms with Gasteiger partial charge in [-0.25, -0.2) is 10.2 Å². The maximum absolute atomic E-state index is 10.5. The first kappa shape index (κ1) is 13.8. The first-order valence-electron chi connectivity index (χ1n) is 4.90. The van der Waals surface area contributed by atoms with E-state index in [1.165, 1.54) is 0 Å². The number of carbonyl (C=O) groups excluding carboxylic acids is 1. The predicted molar refractivity (Wildman–Crippen MR) is 71.6 cm³/mol. The molecule has 0 spiro atoms. The zero-order valence-electron chi connectivity index (χ0n) is 9.94. The fourth-order valence-electron chi connectivity index (χ4n) is 1.16. The van der Waals surface area contributed by atoms with Crippen LogP contribution in [-0.2, 0) is 0 Å². The lowest BCUT2D eigenvalue weighted by Gasteiger charge is -2.12. The average molecular weight is 270 g/mol. The molecule has 18 heavy (non-hydrogen) atoms. The Morgan fingerprint density at radius 2 is 1.72 bits per heavy atom. The molecule has 0 atom stereocenters. The number of nitrogens with one attached hydrogen (secondary N) is 3. The fraction of sp³-hybridized carbons (Fsp3) is 0.200. The number of rotatable bonds is 3. The molecule has 1 rings (SSSR count). The standard InChI is InChI=1S/C10H14N4O3S/c1-16-7-3-6(4-8(5-7)17-2)12-10(18)14-13-9(11)15/h3-5H,1-2H3,(H3,11,13,15)(H2,12,14,18). The van der Waals surface area contributed by atoms with Gasteiger partial charge in [0.05, 0.1) is 14.2 Å². The number of urea groups is 1. The highest BCUT2D eigenvalue weighted by Crippen LogP contribution is 2.25. The van der Waals surface area contributed by atoms with Crippen molar-refractivity contribution in [2.24, 2.45) is 5.73 Å². The van der Waals surface area contributed by atoms with Gasteiger partial charge in [-0.3, -0.25) is 5.43 Å². The molecule has 5 N–H and O–H groups in total. The summed E-state index contributed by atoms with van der Waals surface area (Å²) < 4.78 is 10.2. The average Bonchev–Trinajstić information content (AvgIpc) is 2.35. The summed E-state index contributed by atoms with van der Waals surface area (Å²) in [4.78, 5) is 10.5. The molecular weight excluding hydrogens is 256 g/mol. The van der Waals surface area contributed by atoms with Crippen molar-refractivity contribution in [3.05, 3.63) is 18.2 Å². The second-order valence-corrected chi connectivity index (χ2v) is 3.58. The van der Waals surface area contributed by atoms with Crippen LogP contribution in [0.3, 0.4) is 0 Å². The predicted octanol–water partition coefficient (Wildman–Crippen LogP) is 0.573. The number of nitrogens with two attached hydrogens (primary N) is 1. The number of benzene rings is 1. The van der Waals surface area contributed by atoms with Crippen LogP contribution < -0.4 is 31.4 Å². The SMILES string of the molecule is COc1cc(NC(=S)NNC(N)=O)cc(OC)c1. The third kappa shape index (κ3) is 4.34. The molecule has 0 aliphatic rings. The van der Waals surface area contributed by atoms with Gasteiger partial charge in [0.25, 0.3) is 0 Å². The summed E-state index contributed by atoms with van der Waals surface area (Å²) in [6, 6.07) is 4.44. The normalized spacial score (nSPS) is 9.22. The van der Waals surface area contributed by atoms with Crippen molar-refractivity contribution < 1.29 is 14.3 Å². The molecule has 0 saturated carbocycles. The van der Waals surface area contributed by atoms with E-state index in [2.05, 4.69) is 16.2 Å². The third-order valence-electron chi connectivity index (χ3n) is 1.91. The number of amides is 2. The highest BCUT2D eigenvalue weighted by molar-refractivity contribution is 7.80. The van der Waals surface area contributed by atoms with Crippen LogP contribution in [0.2, 0.25) is 0 Å². The van der Waals surface area contributed by atoms with Crippen molar-refractivity contribution in [2.45, 2.75) is 0 Å². The first-order valence-corrected chi connectivity index (χ1v) is 5.31. The lowest BCUT2D eigenvalue weighted by Crippen LogP contribution is -2.46. The van der Waals surface area contributed by atoms with Gasteiger partial charge in [-0.1, -0.05) is 0 Å². The Balaban J connectivity index is 2.71. The molecular formula is C10H14N4O3S. The molecule has 0 heterocycles. The summed E-state index contributed by atoms with van der Waals surface area (Å²) in [6.07, 6.45) is 0. The van der Waals surface area contributed by atoms with Crippen LogP contribution in [0.4, 0.5) is 10.5 Å². The highest BCUT2D eigenvalue weighted by atomic mass is 32.1. The summed E-state index contributed by atoms with van der Waals surface area (Å²) >= 11 is 4.94. The van der Waals surface area contributed by atoms with Gasteiger partial charge in [0, 0.05) is 23.9 Å². The third-order valence-corrected chi connectivity index (χ3v) is 2.11. The number of hydrazine groups is 1. The lowest BCUT2D eigenvalue weighted by atomic mass is 10.3. The van der Waals surface area contributed by atoms with E-state index in [9.17, 15) is 4.79 Å². The first-order chi connectivity index (χ1) is 8.55. The monoisotopic (exact) mass is 270 g/mol. The van der Waals surface area contributed by atoms with E-state index in [4.69, 9.17) is 27.4 Å². The zero-order chi connectivity index (χ0) is 13.5. The molecule has 2 amide bonds. The van der Waals surface area contributed by atoms with E-state index in [0.29, 0.717) is 17.2 Å². The molecule has 8 heteroatoms. The largest absolute Gasteiger partial charge is 0.497 e. The van der Waals surface area contributed by atoms with Gasteiger partial charge in [-0.15, -0.1) is 0 Å². The number of hydrogen-bond acceptors (Lipinski definition) is 4. The van der Waals surface area contributed by atoms with Gasteiger partial charge in [-0.05, 0) is 12.2 Å². The Bertz CT molecular complexity index is 430.